The van der Waals surface area contributed by atoms with E-state index in [9.17, 15) is 18.4 Å². The lowest BCUT2D eigenvalue weighted by atomic mass is 9.96. The minimum absolute atomic E-state index is 0.0647. The monoisotopic (exact) mass is 340 g/mol. The van der Waals surface area contributed by atoms with E-state index in [0.29, 0.717) is 5.56 Å². The first-order valence-corrected chi connectivity index (χ1v) is 8.01. The molecule has 1 N–H and O–H groups in total. The molecule has 0 aromatic heterocycles. The van der Waals surface area contributed by atoms with E-state index in [1.54, 1.807) is 0 Å². The lowest BCUT2D eigenvalue weighted by Crippen LogP contribution is -2.41. The summed E-state index contributed by atoms with van der Waals surface area (Å²) >= 11 is 0. The van der Waals surface area contributed by atoms with Gasteiger partial charge in [-0.25, -0.2) is 8.78 Å². The molecule has 24 heavy (non-hydrogen) atoms. The molecule has 0 unspecified atom stereocenters. The molecule has 1 amide bonds. The number of carbonyl (C=O) groups is 2. The van der Waals surface area contributed by atoms with Gasteiger partial charge in [-0.1, -0.05) is 6.07 Å². The van der Waals surface area contributed by atoms with Crippen LogP contribution >= 0.6 is 0 Å². The van der Waals surface area contributed by atoms with Crippen molar-refractivity contribution in [3.8, 4) is 0 Å². The molecule has 1 aliphatic rings. The summed E-state index contributed by atoms with van der Waals surface area (Å²) in [5.41, 5.74) is 0.487. The fourth-order valence-electron chi connectivity index (χ4n) is 2.78. The molecular formula is C17H22F2N2O3. The number of nitrogens with zero attached hydrogens (tertiary/aromatic N) is 1. The second-order valence-electron chi connectivity index (χ2n) is 5.86. The average molecular weight is 340 g/mol. The predicted molar refractivity (Wildman–Crippen MR) is 84.0 cm³/mol. The van der Waals surface area contributed by atoms with Crippen LogP contribution in [0.15, 0.2) is 18.2 Å². The van der Waals surface area contributed by atoms with Crippen LogP contribution in [0.2, 0.25) is 0 Å². The zero-order valence-corrected chi connectivity index (χ0v) is 13.7. The standard InChI is InChI=1S/C17H22F2N2O3/c1-24-16(22)6-9-21(17(23)13-4-7-20-8-5-13)11-12-2-3-14(18)15(19)10-12/h2-3,10,13,20H,4-9,11H2,1H3. The molecule has 5 nitrogen and oxygen atoms in total. The fraction of sp³-hybridized carbons (Fsp3) is 0.529. The van der Waals surface area contributed by atoms with Crippen molar-refractivity contribution < 1.29 is 23.1 Å². The molecule has 1 saturated heterocycles. The van der Waals surface area contributed by atoms with Gasteiger partial charge in [-0.3, -0.25) is 9.59 Å². The van der Waals surface area contributed by atoms with E-state index in [4.69, 9.17) is 0 Å². The van der Waals surface area contributed by atoms with Crippen molar-refractivity contribution in [1.82, 2.24) is 10.2 Å². The Kier molecular flexibility index (Phi) is 6.66. The lowest BCUT2D eigenvalue weighted by molar-refractivity contribution is -0.143. The van der Waals surface area contributed by atoms with E-state index in [0.717, 1.165) is 38.1 Å². The highest BCUT2D eigenvalue weighted by Crippen LogP contribution is 2.18. The van der Waals surface area contributed by atoms with Crippen LogP contribution in [-0.4, -0.2) is 43.5 Å². The van der Waals surface area contributed by atoms with E-state index in [-0.39, 0.29) is 31.3 Å². The van der Waals surface area contributed by atoms with Gasteiger partial charge in [0.2, 0.25) is 5.91 Å². The van der Waals surface area contributed by atoms with Gasteiger partial charge in [0.25, 0.3) is 0 Å². The van der Waals surface area contributed by atoms with Gasteiger partial charge in [0.05, 0.1) is 13.5 Å². The summed E-state index contributed by atoms with van der Waals surface area (Å²) in [6.07, 6.45) is 1.52. The van der Waals surface area contributed by atoms with Gasteiger partial charge in [-0.2, -0.15) is 0 Å². The van der Waals surface area contributed by atoms with Crippen LogP contribution in [-0.2, 0) is 20.9 Å². The number of hydrogen-bond donors (Lipinski definition) is 1. The predicted octanol–water partition coefficient (Wildman–Crippen LogP) is 1.86. The Balaban J connectivity index is 2.09. The SMILES string of the molecule is COC(=O)CCN(Cc1ccc(F)c(F)c1)C(=O)C1CCNCC1. The molecule has 0 saturated carbocycles. The molecule has 2 rings (SSSR count). The first-order valence-electron chi connectivity index (χ1n) is 8.01. The quantitative estimate of drug-likeness (QED) is 0.803. The van der Waals surface area contributed by atoms with Gasteiger partial charge in [-0.15, -0.1) is 0 Å². The Labute approximate surface area is 140 Å². The molecule has 7 heteroatoms. The second kappa shape index (κ2) is 8.73. The number of ether oxygens (including phenoxy) is 1. The third-order valence-electron chi connectivity index (χ3n) is 4.17. The zero-order valence-electron chi connectivity index (χ0n) is 13.7. The molecule has 1 aromatic carbocycles. The van der Waals surface area contributed by atoms with Crippen LogP contribution in [0.1, 0.15) is 24.8 Å². The molecule has 132 valence electrons. The van der Waals surface area contributed by atoms with Crippen molar-refractivity contribution in [3.05, 3.63) is 35.4 Å². The first-order chi connectivity index (χ1) is 11.5. The fourth-order valence-corrected chi connectivity index (χ4v) is 2.78. The number of halogens is 2. The number of esters is 1. The minimum atomic E-state index is -0.949. The highest BCUT2D eigenvalue weighted by Gasteiger charge is 2.26. The number of methoxy groups -OCH3 is 1. The summed E-state index contributed by atoms with van der Waals surface area (Å²) in [7, 11) is 1.29. The molecule has 0 bridgehead atoms. The smallest absolute Gasteiger partial charge is 0.307 e. The highest BCUT2D eigenvalue weighted by atomic mass is 19.2. The molecule has 1 heterocycles. The summed E-state index contributed by atoms with van der Waals surface area (Å²) in [4.78, 5) is 25.6. The van der Waals surface area contributed by atoms with Crippen LogP contribution < -0.4 is 5.32 Å². The van der Waals surface area contributed by atoms with E-state index in [2.05, 4.69) is 10.1 Å². The molecule has 0 spiro atoms. The summed E-state index contributed by atoms with van der Waals surface area (Å²) in [5, 5.41) is 3.20. The number of rotatable bonds is 6. The number of carbonyl (C=O) groups excluding carboxylic acids is 2. The Morgan fingerprint density at radius 3 is 2.58 bits per heavy atom. The van der Waals surface area contributed by atoms with Crippen molar-refractivity contribution in [3.63, 3.8) is 0 Å². The molecule has 1 fully saturated rings. The van der Waals surface area contributed by atoms with E-state index in [1.807, 2.05) is 0 Å². The van der Waals surface area contributed by atoms with E-state index in [1.165, 1.54) is 18.1 Å². The van der Waals surface area contributed by atoms with Gasteiger partial charge >= 0.3 is 5.97 Å². The molecular weight excluding hydrogens is 318 g/mol. The number of piperidine rings is 1. The molecule has 1 aromatic rings. The van der Waals surface area contributed by atoms with Gasteiger partial charge in [-0.05, 0) is 43.6 Å². The van der Waals surface area contributed by atoms with Crippen LogP contribution in [0.4, 0.5) is 8.78 Å². The van der Waals surface area contributed by atoms with Gasteiger partial charge in [0.15, 0.2) is 11.6 Å². The highest BCUT2D eigenvalue weighted by molar-refractivity contribution is 5.79. The normalized spacial score (nSPS) is 15.1. The topological polar surface area (TPSA) is 58.6 Å². The lowest BCUT2D eigenvalue weighted by Gasteiger charge is -2.29. The average Bonchev–Trinajstić information content (AvgIpc) is 2.61. The maximum atomic E-state index is 13.4. The Bertz CT molecular complexity index is 589. The van der Waals surface area contributed by atoms with Crippen LogP contribution in [0, 0.1) is 17.6 Å². The minimum Gasteiger partial charge on any atom is -0.469 e. The summed E-state index contributed by atoms with van der Waals surface area (Å²) in [6, 6.07) is 3.56. The summed E-state index contributed by atoms with van der Waals surface area (Å²) < 4.78 is 31.1. The van der Waals surface area contributed by atoms with Crippen molar-refractivity contribution in [1.29, 1.82) is 0 Å². The Hall–Kier alpha value is -2.02. The van der Waals surface area contributed by atoms with Gasteiger partial charge in [0, 0.05) is 19.0 Å². The maximum Gasteiger partial charge on any atom is 0.307 e. The third kappa shape index (κ3) is 4.99. The van der Waals surface area contributed by atoms with Crippen molar-refractivity contribution in [2.24, 2.45) is 5.92 Å². The van der Waals surface area contributed by atoms with Crippen LogP contribution in [0.5, 0.6) is 0 Å². The van der Waals surface area contributed by atoms with Gasteiger partial charge < -0.3 is 15.0 Å². The zero-order chi connectivity index (χ0) is 17.5. The molecule has 0 atom stereocenters. The molecule has 1 aliphatic heterocycles. The maximum absolute atomic E-state index is 13.4. The van der Waals surface area contributed by atoms with E-state index >= 15 is 0 Å². The van der Waals surface area contributed by atoms with Crippen LogP contribution in [0.25, 0.3) is 0 Å². The second-order valence-corrected chi connectivity index (χ2v) is 5.86. The molecule has 0 radical (unpaired) electrons. The van der Waals surface area contributed by atoms with E-state index < -0.39 is 17.6 Å². The summed E-state index contributed by atoms with van der Waals surface area (Å²) in [6.45, 7) is 1.87. The van der Waals surface area contributed by atoms with Crippen molar-refractivity contribution >= 4 is 11.9 Å². The first kappa shape index (κ1) is 18.3. The Morgan fingerprint density at radius 1 is 1.25 bits per heavy atom. The summed E-state index contributed by atoms with van der Waals surface area (Å²) in [5.74, 6) is -2.47. The third-order valence-corrected chi connectivity index (χ3v) is 4.17. The molecule has 0 aliphatic carbocycles. The number of amides is 1. The number of benzene rings is 1. The number of hydrogen-bond acceptors (Lipinski definition) is 4. The van der Waals surface area contributed by atoms with Crippen molar-refractivity contribution in [2.45, 2.75) is 25.8 Å². The Morgan fingerprint density at radius 2 is 1.96 bits per heavy atom. The largest absolute Gasteiger partial charge is 0.469 e. The number of nitrogens with one attached hydrogen (secondary N) is 1. The van der Waals surface area contributed by atoms with Gasteiger partial charge in [0.1, 0.15) is 0 Å². The van der Waals surface area contributed by atoms with Crippen LogP contribution in [0.3, 0.4) is 0 Å². The van der Waals surface area contributed by atoms with Crippen molar-refractivity contribution in [2.75, 3.05) is 26.7 Å².